The van der Waals surface area contributed by atoms with Crippen molar-refractivity contribution in [2.75, 3.05) is 13.7 Å². The summed E-state index contributed by atoms with van der Waals surface area (Å²) in [7, 11) is 1.57. The molecule has 0 spiro atoms. The Kier molecular flexibility index (Phi) is 5.35. The molecule has 1 aromatic heterocycles. The molecule has 2 aromatic rings. The van der Waals surface area contributed by atoms with E-state index >= 15 is 0 Å². The number of rotatable bonds is 7. The highest BCUT2D eigenvalue weighted by Crippen LogP contribution is 2.19. The molecule has 0 saturated carbocycles. The Labute approximate surface area is 125 Å². The molecule has 5 heteroatoms. The van der Waals surface area contributed by atoms with Crippen LogP contribution in [0.5, 0.6) is 5.75 Å². The molecule has 5 nitrogen and oxygen atoms in total. The fraction of sp³-hybridized carbons (Fsp3) is 0.375. The minimum Gasteiger partial charge on any atom is -0.495 e. The second kappa shape index (κ2) is 7.46. The summed E-state index contributed by atoms with van der Waals surface area (Å²) < 4.78 is 7.17. The second-order valence-electron chi connectivity index (χ2n) is 4.86. The van der Waals surface area contributed by atoms with E-state index in [0.717, 1.165) is 30.8 Å². The maximum absolute atomic E-state index is 9.11. The first-order valence-corrected chi connectivity index (χ1v) is 7.05. The van der Waals surface area contributed by atoms with Crippen molar-refractivity contribution in [3.05, 3.63) is 47.5 Å². The van der Waals surface area contributed by atoms with E-state index in [9.17, 15) is 0 Å². The lowest BCUT2D eigenvalue weighted by Gasteiger charge is -2.06. The van der Waals surface area contributed by atoms with Crippen LogP contribution in [-0.4, -0.2) is 23.2 Å². The number of nitrogens with zero attached hydrogens (tertiary/aromatic N) is 3. The van der Waals surface area contributed by atoms with E-state index < -0.39 is 0 Å². The smallest absolute Gasteiger partial charge is 0.136 e. The molecule has 0 aliphatic heterocycles. The Bertz CT molecular complexity index is 627. The van der Waals surface area contributed by atoms with Gasteiger partial charge in [-0.2, -0.15) is 5.26 Å². The molecule has 0 saturated heterocycles. The summed E-state index contributed by atoms with van der Waals surface area (Å²) in [5, 5.41) is 12.4. The summed E-state index contributed by atoms with van der Waals surface area (Å²) in [6.07, 6.45) is 4.96. The van der Waals surface area contributed by atoms with Crippen LogP contribution in [0.25, 0.3) is 0 Å². The molecule has 1 N–H and O–H groups in total. The van der Waals surface area contributed by atoms with Crippen molar-refractivity contribution in [1.82, 2.24) is 14.9 Å². The Balaban J connectivity index is 2.03. The number of nitrogens with one attached hydrogen (secondary N) is 1. The van der Waals surface area contributed by atoms with Gasteiger partial charge in [0.25, 0.3) is 0 Å². The van der Waals surface area contributed by atoms with Crippen LogP contribution >= 0.6 is 0 Å². The van der Waals surface area contributed by atoms with E-state index in [1.807, 2.05) is 35.3 Å². The molecule has 0 aliphatic rings. The Morgan fingerprint density at radius 2 is 2.29 bits per heavy atom. The summed E-state index contributed by atoms with van der Waals surface area (Å²) in [4.78, 5) is 4.37. The van der Waals surface area contributed by atoms with Crippen molar-refractivity contribution in [2.45, 2.75) is 26.4 Å². The number of nitriles is 1. The predicted molar refractivity (Wildman–Crippen MR) is 81.0 cm³/mol. The van der Waals surface area contributed by atoms with E-state index in [1.165, 1.54) is 0 Å². The summed E-state index contributed by atoms with van der Waals surface area (Å²) in [5.41, 5.74) is 2.63. The van der Waals surface area contributed by atoms with Gasteiger partial charge >= 0.3 is 0 Å². The van der Waals surface area contributed by atoms with E-state index in [-0.39, 0.29) is 0 Å². The molecule has 21 heavy (non-hydrogen) atoms. The molecular formula is C16H20N4O. The normalized spacial score (nSPS) is 10.3. The summed E-state index contributed by atoms with van der Waals surface area (Å²) >= 11 is 0. The van der Waals surface area contributed by atoms with Crippen LogP contribution in [0.15, 0.2) is 30.7 Å². The number of methoxy groups -OCH3 is 1. The number of hydrogen-bond donors (Lipinski definition) is 1. The van der Waals surface area contributed by atoms with Gasteiger partial charge in [0, 0.05) is 19.3 Å². The van der Waals surface area contributed by atoms with Crippen molar-refractivity contribution >= 4 is 0 Å². The average Bonchev–Trinajstić information content (AvgIpc) is 2.95. The highest BCUT2D eigenvalue weighted by Gasteiger charge is 2.05. The van der Waals surface area contributed by atoms with Gasteiger partial charge in [-0.05, 0) is 30.7 Å². The lowest BCUT2D eigenvalue weighted by atomic mass is 10.1. The molecule has 0 amide bonds. The number of ether oxygens (including phenoxy) is 1. The Morgan fingerprint density at radius 3 is 3.00 bits per heavy atom. The van der Waals surface area contributed by atoms with Gasteiger partial charge in [0.1, 0.15) is 11.8 Å². The number of imidazole rings is 1. The standard InChI is InChI=1S/C16H20N4O/c1-3-6-18-9-15-11-20(12-19-15)10-13-4-5-16(21-2)14(7-13)8-17/h4-5,7,11-12,18H,3,6,9-10H2,1-2H3. The monoisotopic (exact) mass is 284 g/mol. The van der Waals surface area contributed by atoms with E-state index in [4.69, 9.17) is 10.00 Å². The van der Waals surface area contributed by atoms with Gasteiger partial charge in [0.2, 0.25) is 0 Å². The fourth-order valence-electron chi connectivity index (χ4n) is 2.13. The Hall–Kier alpha value is -2.32. The molecule has 1 heterocycles. The predicted octanol–water partition coefficient (Wildman–Crippen LogP) is 2.31. The van der Waals surface area contributed by atoms with Gasteiger partial charge in [0.05, 0.1) is 24.7 Å². The molecule has 110 valence electrons. The van der Waals surface area contributed by atoms with E-state index in [2.05, 4.69) is 23.3 Å². The van der Waals surface area contributed by atoms with E-state index in [1.54, 1.807) is 7.11 Å². The SMILES string of the molecule is CCCNCc1cn(Cc2ccc(OC)c(C#N)c2)cn1. The topological polar surface area (TPSA) is 62.9 Å². The van der Waals surface area contributed by atoms with Gasteiger partial charge < -0.3 is 14.6 Å². The average molecular weight is 284 g/mol. The van der Waals surface area contributed by atoms with Crippen LogP contribution in [0.1, 0.15) is 30.2 Å². The van der Waals surface area contributed by atoms with Crippen molar-refractivity contribution in [3.8, 4) is 11.8 Å². The van der Waals surface area contributed by atoms with Crippen molar-refractivity contribution in [1.29, 1.82) is 5.26 Å². The summed E-state index contributed by atoms with van der Waals surface area (Å²) in [6, 6.07) is 7.80. The van der Waals surface area contributed by atoms with Crippen molar-refractivity contribution < 1.29 is 4.74 Å². The maximum atomic E-state index is 9.11. The van der Waals surface area contributed by atoms with Gasteiger partial charge in [-0.25, -0.2) is 4.98 Å². The zero-order chi connectivity index (χ0) is 15.1. The molecule has 0 bridgehead atoms. The molecule has 0 unspecified atom stereocenters. The van der Waals surface area contributed by atoms with Gasteiger partial charge in [-0.3, -0.25) is 0 Å². The van der Waals surface area contributed by atoms with E-state index in [0.29, 0.717) is 17.9 Å². The third kappa shape index (κ3) is 4.07. The van der Waals surface area contributed by atoms with Crippen LogP contribution in [0.4, 0.5) is 0 Å². The number of benzene rings is 1. The van der Waals surface area contributed by atoms with Crippen LogP contribution in [-0.2, 0) is 13.1 Å². The fourth-order valence-corrected chi connectivity index (χ4v) is 2.13. The van der Waals surface area contributed by atoms with Crippen LogP contribution in [0.3, 0.4) is 0 Å². The van der Waals surface area contributed by atoms with Gasteiger partial charge in [-0.1, -0.05) is 13.0 Å². The molecule has 0 atom stereocenters. The van der Waals surface area contributed by atoms with Gasteiger partial charge in [0.15, 0.2) is 0 Å². The number of hydrogen-bond acceptors (Lipinski definition) is 4. The number of aromatic nitrogens is 2. The molecule has 1 aromatic carbocycles. The summed E-state index contributed by atoms with van der Waals surface area (Å²) in [5.74, 6) is 0.608. The first kappa shape index (κ1) is 15.1. The quantitative estimate of drug-likeness (QED) is 0.793. The summed E-state index contributed by atoms with van der Waals surface area (Å²) in [6.45, 7) is 4.62. The zero-order valence-electron chi connectivity index (χ0n) is 12.5. The van der Waals surface area contributed by atoms with Gasteiger partial charge in [-0.15, -0.1) is 0 Å². The minimum absolute atomic E-state index is 0.556. The Morgan fingerprint density at radius 1 is 1.43 bits per heavy atom. The third-order valence-electron chi connectivity index (χ3n) is 3.17. The highest BCUT2D eigenvalue weighted by atomic mass is 16.5. The lowest BCUT2D eigenvalue weighted by molar-refractivity contribution is 0.413. The molecular weight excluding hydrogens is 264 g/mol. The second-order valence-corrected chi connectivity index (χ2v) is 4.86. The zero-order valence-corrected chi connectivity index (χ0v) is 12.5. The molecule has 0 aliphatic carbocycles. The largest absolute Gasteiger partial charge is 0.495 e. The molecule has 0 radical (unpaired) electrons. The minimum atomic E-state index is 0.556. The molecule has 2 rings (SSSR count). The van der Waals surface area contributed by atoms with Crippen molar-refractivity contribution in [3.63, 3.8) is 0 Å². The van der Waals surface area contributed by atoms with Crippen LogP contribution in [0.2, 0.25) is 0 Å². The molecule has 0 fully saturated rings. The van der Waals surface area contributed by atoms with Crippen molar-refractivity contribution in [2.24, 2.45) is 0 Å². The third-order valence-corrected chi connectivity index (χ3v) is 3.17. The lowest BCUT2D eigenvalue weighted by Crippen LogP contribution is -2.13. The first-order chi connectivity index (χ1) is 10.3. The highest BCUT2D eigenvalue weighted by molar-refractivity contribution is 5.45. The van der Waals surface area contributed by atoms with Crippen LogP contribution < -0.4 is 10.1 Å². The van der Waals surface area contributed by atoms with Crippen LogP contribution in [0, 0.1) is 11.3 Å². The first-order valence-electron chi connectivity index (χ1n) is 7.05. The maximum Gasteiger partial charge on any atom is 0.136 e.